The van der Waals surface area contributed by atoms with Gasteiger partial charge in [-0.25, -0.2) is 13.8 Å². The Morgan fingerprint density at radius 1 is 1.18 bits per heavy atom. The molecule has 3 nitrogen and oxygen atoms in total. The van der Waals surface area contributed by atoms with Crippen LogP contribution in [0.25, 0.3) is 0 Å². The maximum Gasteiger partial charge on any atom is 0.390 e. The molecule has 0 aliphatic carbocycles. The normalized spacial score (nSPS) is 11.4. The number of alkyl halides is 3. The van der Waals surface area contributed by atoms with Crippen molar-refractivity contribution >= 4 is 11.6 Å². The Morgan fingerprint density at radius 2 is 1.76 bits per heavy atom. The van der Waals surface area contributed by atoms with Crippen LogP contribution in [0.2, 0.25) is 0 Å². The first-order chi connectivity index (χ1) is 7.83. The van der Waals surface area contributed by atoms with E-state index in [1.807, 2.05) is 0 Å². The fourth-order valence-electron chi connectivity index (χ4n) is 1.09. The quantitative estimate of drug-likeness (QED) is 0.812. The molecule has 0 saturated heterocycles. The van der Waals surface area contributed by atoms with Crippen LogP contribution in [0.15, 0.2) is 6.07 Å². The van der Waals surface area contributed by atoms with Gasteiger partial charge in [-0.05, 0) is 0 Å². The summed E-state index contributed by atoms with van der Waals surface area (Å²) in [4.78, 5) is 3.47. The number of aromatic nitrogens is 1. The van der Waals surface area contributed by atoms with Crippen molar-refractivity contribution in [1.82, 2.24) is 4.98 Å². The van der Waals surface area contributed by atoms with Crippen molar-refractivity contribution < 1.29 is 22.0 Å². The Labute approximate surface area is 94.0 Å². The molecule has 0 unspecified atom stereocenters. The van der Waals surface area contributed by atoms with E-state index in [0.717, 1.165) is 0 Å². The minimum Gasteiger partial charge on any atom is -0.371 e. The molecule has 17 heavy (non-hydrogen) atoms. The largest absolute Gasteiger partial charge is 0.390 e. The minimum atomic E-state index is -4.34. The molecule has 0 atom stereocenters. The summed E-state index contributed by atoms with van der Waals surface area (Å²) in [6.07, 6.45) is -5.46. The predicted molar refractivity (Wildman–Crippen MR) is 52.9 cm³/mol. The summed E-state index contributed by atoms with van der Waals surface area (Å²) in [6, 6.07) is 0.550. The Bertz CT molecular complexity index is 391. The van der Waals surface area contributed by atoms with Gasteiger partial charge in [0.05, 0.1) is 6.42 Å². The van der Waals surface area contributed by atoms with Gasteiger partial charge >= 0.3 is 6.18 Å². The first-order valence-electron chi connectivity index (χ1n) is 4.68. The second-order valence-electron chi connectivity index (χ2n) is 3.19. The molecule has 2 N–H and O–H groups in total. The van der Waals surface area contributed by atoms with Gasteiger partial charge in [0.2, 0.25) is 0 Å². The zero-order chi connectivity index (χ0) is 13.1. The average molecular weight is 255 g/mol. The van der Waals surface area contributed by atoms with Gasteiger partial charge in [0.25, 0.3) is 0 Å². The van der Waals surface area contributed by atoms with E-state index in [0.29, 0.717) is 6.07 Å². The Balaban J connectivity index is 2.71. The van der Waals surface area contributed by atoms with Gasteiger partial charge in [0, 0.05) is 19.7 Å². The lowest BCUT2D eigenvalue weighted by molar-refractivity contribution is -0.131. The summed E-state index contributed by atoms with van der Waals surface area (Å²) in [5.41, 5.74) is 0. The first kappa shape index (κ1) is 13.5. The van der Waals surface area contributed by atoms with E-state index in [1.165, 1.54) is 7.05 Å². The maximum atomic E-state index is 13.1. The second-order valence-corrected chi connectivity index (χ2v) is 3.19. The van der Waals surface area contributed by atoms with Crippen molar-refractivity contribution in [3.05, 3.63) is 17.7 Å². The molecule has 96 valence electrons. The van der Waals surface area contributed by atoms with E-state index in [2.05, 4.69) is 15.6 Å². The zero-order valence-electron chi connectivity index (χ0n) is 8.83. The molecule has 0 radical (unpaired) electrons. The topological polar surface area (TPSA) is 37.0 Å². The standard InChI is InChI=1S/C9H10F5N3/c1-15-7-5(10)4-6(11)8(17-7)16-3-2-9(12,13)14/h4H,2-3H2,1H3,(H2,15,16,17). The number of nitrogens with zero attached hydrogens (tertiary/aromatic N) is 1. The predicted octanol–water partition coefficient (Wildman–Crippen LogP) is 2.77. The molecule has 0 aliphatic rings. The third-order valence-electron chi connectivity index (χ3n) is 1.87. The van der Waals surface area contributed by atoms with Gasteiger partial charge in [-0.1, -0.05) is 0 Å². The van der Waals surface area contributed by atoms with Gasteiger partial charge in [0.1, 0.15) is 0 Å². The first-order valence-corrected chi connectivity index (χ1v) is 4.68. The van der Waals surface area contributed by atoms with Crippen molar-refractivity contribution in [3.8, 4) is 0 Å². The molecule has 1 rings (SSSR count). The van der Waals surface area contributed by atoms with Crippen LogP contribution in [0.1, 0.15) is 6.42 Å². The SMILES string of the molecule is CNc1nc(NCCC(F)(F)F)c(F)cc1F. The molecule has 0 aliphatic heterocycles. The van der Waals surface area contributed by atoms with Gasteiger partial charge < -0.3 is 10.6 Å². The van der Waals surface area contributed by atoms with Crippen molar-refractivity contribution in [2.24, 2.45) is 0 Å². The number of nitrogens with one attached hydrogen (secondary N) is 2. The number of rotatable bonds is 4. The van der Waals surface area contributed by atoms with E-state index in [-0.39, 0.29) is 5.82 Å². The van der Waals surface area contributed by atoms with E-state index < -0.39 is 36.6 Å². The molecule has 1 heterocycles. The summed E-state index contributed by atoms with van der Waals surface area (Å²) in [5, 5.41) is 4.51. The van der Waals surface area contributed by atoms with Crippen LogP contribution in [-0.4, -0.2) is 24.8 Å². The van der Waals surface area contributed by atoms with Crippen LogP contribution >= 0.6 is 0 Å². The van der Waals surface area contributed by atoms with E-state index >= 15 is 0 Å². The van der Waals surface area contributed by atoms with Crippen LogP contribution in [0.5, 0.6) is 0 Å². The molecule has 0 aromatic carbocycles. The highest BCUT2D eigenvalue weighted by molar-refractivity contribution is 5.47. The lowest BCUT2D eigenvalue weighted by Gasteiger charge is -2.10. The Hall–Kier alpha value is -1.60. The van der Waals surface area contributed by atoms with Crippen molar-refractivity contribution in [3.63, 3.8) is 0 Å². The lowest BCUT2D eigenvalue weighted by Crippen LogP contribution is -2.16. The smallest absolute Gasteiger partial charge is 0.371 e. The van der Waals surface area contributed by atoms with Crippen molar-refractivity contribution in [2.45, 2.75) is 12.6 Å². The van der Waals surface area contributed by atoms with E-state index in [1.54, 1.807) is 0 Å². The highest BCUT2D eigenvalue weighted by Crippen LogP contribution is 2.21. The van der Waals surface area contributed by atoms with Crippen molar-refractivity contribution in [1.29, 1.82) is 0 Å². The molecule has 1 aromatic heterocycles. The highest BCUT2D eigenvalue weighted by Gasteiger charge is 2.26. The van der Waals surface area contributed by atoms with Gasteiger partial charge in [-0.3, -0.25) is 0 Å². The summed E-state index contributed by atoms with van der Waals surface area (Å²) < 4.78 is 61.6. The number of pyridine rings is 1. The van der Waals surface area contributed by atoms with Crippen LogP contribution < -0.4 is 10.6 Å². The van der Waals surface area contributed by atoms with E-state index in [4.69, 9.17) is 0 Å². The molecule has 0 saturated carbocycles. The molecule has 0 amide bonds. The van der Waals surface area contributed by atoms with Gasteiger partial charge in [-0.2, -0.15) is 13.2 Å². The third kappa shape index (κ3) is 4.04. The summed E-state index contributed by atoms with van der Waals surface area (Å²) in [7, 11) is 1.36. The number of halogens is 5. The summed E-state index contributed by atoms with van der Waals surface area (Å²) >= 11 is 0. The van der Waals surface area contributed by atoms with Crippen molar-refractivity contribution in [2.75, 3.05) is 24.2 Å². The molecule has 0 bridgehead atoms. The van der Waals surface area contributed by atoms with Gasteiger partial charge in [-0.15, -0.1) is 0 Å². The zero-order valence-corrected chi connectivity index (χ0v) is 8.83. The fourth-order valence-corrected chi connectivity index (χ4v) is 1.09. The average Bonchev–Trinajstić information content (AvgIpc) is 2.19. The molecule has 8 heteroatoms. The number of hydrogen-bond donors (Lipinski definition) is 2. The maximum absolute atomic E-state index is 13.1. The Morgan fingerprint density at radius 3 is 2.29 bits per heavy atom. The van der Waals surface area contributed by atoms with E-state index in [9.17, 15) is 22.0 Å². The fraction of sp³-hybridized carbons (Fsp3) is 0.444. The number of hydrogen-bond acceptors (Lipinski definition) is 3. The molecular formula is C9H10F5N3. The van der Waals surface area contributed by atoms with Gasteiger partial charge in [0.15, 0.2) is 23.3 Å². The minimum absolute atomic E-state index is 0.235. The van der Waals surface area contributed by atoms with Crippen LogP contribution in [0.4, 0.5) is 33.6 Å². The van der Waals surface area contributed by atoms with Crippen LogP contribution in [-0.2, 0) is 0 Å². The lowest BCUT2D eigenvalue weighted by atomic mass is 10.3. The second kappa shape index (κ2) is 5.15. The Kier molecular flexibility index (Phi) is 4.08. The third-order valence-corrected chi connectivity index (χ3v) is 1.87. The molecular weight excluding hydrogens is 245 g/mol. The van der Waals surface area contributed by atoms with Crippen LogP contribution in [0, 0.1) is 11.6 Å². The number of anilines is 2. The molecule has 1 aromatic rings. The summed E-state index contributed by atoms with van der Waals surface area (Å²) in [6.45, 7) is -0.526. The summed E-state index contributed by atoms with van der Waals surface area (Å²) in [5.74, 6) is -2.60. The molecule has 0 spiro atoms. The monoisotopic (exact) mass is 255 g/mol. The van der Waals surface area contributed by atoms with Crippen LogP contribution in [0.3, 0.4) is 0 Å². The highest BCUT2D eigenvalue weighted by atomic mass is 19.4. The molecule has 0 fully saturated rings.